The molecule has 0 aliphatic heterocycles. The molecule has 2 rings (SSSR count). The number of hydrogen-bond acceptors (Lipinski definition) is 3. The lowest BCUT2D eigenvalue weighted by Crippen LogP contribution is -2.12. The Morgan fingerprint density at radius 3 is 2.89 bits per heavy atom. The van der Waals surface area contributed by atoms with Gasteiger partial charge in [-0.2, -0.15) is 0 Å². The molecule has 0 bridgehead atoms. The molecule has 0 amide bonds. The maximum atomic E-state index is 6.15. The topological polar surface area (TPSA) is 34.2 Å². The molecule has 0 unspecified atom stereocenters. The molecule has 0 radical (unpaired) electrons. The van der Waals surface area contributed by atoms with Crippen LogP contribution in [0, 0.1) is 6.92 Å². The van der Waals surface area contributed by atoms with Gasteiger partial charge in [0.15, 0.2) is 0 Å². The molecular weight excluding hydrogens is 260 g/mol. The summed E-state index contributed by atoms with van der Waals surface area (Å²) in [6.45, 7) is 5.70. The minimum absolute atomic E-state index is 0.608. The van der Waals surface area contributed by atoms with Crippen molar-refractivity contribution in [1.82, 2.24) is 10.3 Å². The lowest BCUT2D eigenvalue weighted by molar-refractivity contribution is 0.472. The zero-order chi connectivity index (χ0) is 13.7. The number of benzene rings is 1. The van der Waals surface area contributed by atoms with Gasteiger partial charge >= 0.3 is 0 Å². The fourth-order valence-corrected chi connectivity index (χ4v) is 1.87. The van der Waals surface area contributed by atoms with E-state index in [4.69, 9.17) is 16.3 Å². The normalized spacial score (nSPS) is 10.5. The molecule has 19 heavy (non-hydrogen) atoms. The van der Waals surface area contributed by atoms with Crippen LogP contribution in [0.4, 0.5) is 0 Å². The van der Waals surface area contributed by atoms with Crippen LogP contribution >= 0.6 is 11.6 Å². The van der Waals surface area contributed by atoms with Gasteiger partial charge in [0.1, 0.15) is 11.5 Å². The first kappa shape index (κ1) is 13.8. The third kappa shape index (κ3) is 3.69. The number of aryl methyl sites for hydroxylation is 1. The average Bonchev–Trinajstić information content (AvgIpc) is 2.42. The number of ether oxygens (including phenoxy) is 1. The highest BCUT2D eigenvalue weighted by atomic mass is 35.5. The van der Waals surface area contributed by atoms with E-state index >= 15 is 0 Å². The van der Waals surface area contributed by atoms with Gasteiger partial charge in [0.2, 0.25) is 0 Å². The van der Waals surface area contributed by atoms with E-state index in [1.807, 2.05) is 37.4 Å². The zero-order valence-corrected chi connectivity index (χ0v) is 11.9. The molecule has 0 atom stereocenters. The maximum Gasteiger partial charge on any atom is 0.146 e. The molecule has 0 saturated carbocycles. The molecule has 0 aliphatic carbocycles. The van der Waals surface area contributed by atoms with Gasteiger partial charge in [-0.15, -0.1) is 0 Å². The van der Waals surface area contributed by atoms with Crippen LogP contribution in [0.5, 0.6) is 11.5 Å². The van der Waals surface area contributed by atoms with Crippen LogP contribution in [-0.4, -0.2) is 11.5 Å². The Morgan fingerprint density at radius 2 is 2.11 bits per heavy atom. The quantitative estimate of drug-likeness (QED) is 0.898. The minimum atomic E-state index is 0.608. The molecule has 1 heterocycles. The largest absolute Gasteiger partial charge is 0.455 e. The molecule has 4 heteroatoms. The summed E-state index contributed by atoms with van der Waals surface area (Å²) < 4.78 is 5.91. The molecule has 0 saturated heterocycles. The molecule has 0 spiro atoms. The van der Waals surface area contributed by atoms with Crippen molar-refractivity contribution in [3.05, 3.63) is 52.8 Å². The number of halogens is 1. The third-order valence-corrected chi connectivity index (χ3v) is 3.04. The summed E-state index contributed by atoms with van der Waals surface area (Å²) in [5.41, 5.74) is 2.13. The van der Waals surface area contributed by atoms with E-state index in [2.05, 4.69) is 17.2 Å². The first-order valence-electron chi connectivity index (χ1n) is 6.28. The van der Waals surface area contributed by atoms with Crippen LogP contribution in [-0.2, 0) is 6.54 Å². The van der Waals surface area contributed by atoms with E-state index < -0.39 is 0 Å². The minimum Gasteiger partial charge on any atom is -0.455 e. The molecule has 0 aliphatic rings. The van der Waals surface area contributed by atoms with Crippen LogP contribution < -0.4 is 10.1 Å². The Bertz CT molecular complexity index is 558. The number of hydrogen-bond donors (Lipinski definition) is 1. The van der Waals surface area contributed by atoms with Crippen molar-refractivity contribution < 1.29 is 4.74 Å². The second-order valence-corrected chi connectivity index (χ2v) is 4.71. The molecule has 0 fully saturated rings. The molecule has 1 aromatic heterocycles. The van der Waals surface area contributed by atoms with Crippen LogP contribution in [0.3, 0.4) is 0 Å². The SMILES string of the molecule is CCNCc1cnccc1Oc1cc(C)ccc1Cl. The Labute approximate surface area is 118 Å². The predicted octanol–water partition coefficient (Wildman–Crippen LogP) is 3.95. The second-order valence-electron chi connectivity index (χ2n) is 4.30. The van der Waals surface area contributed by atoms with Crippen LogP contribution in [0.25, 0.3) is 0 Å². The maximum absolute atomic E-state index is 6.15. The van der Waals surface area contributed by atoms with E-state index in [0.29, 0.717) is 10.8 Å². The summed E-state index contributed by atoms with van der Waals surface area (Å²) in [5.74, 6) is 1.45. The van der Waals surface area contributed by atoms with Gasteiger partial charge in [0.05, 0.1) is 5.02 Å². The zero-order valence-electron chi connectivity index (χ0n) is 11.1. The highest BCUT2D eigenvalue weighted by molar-refractivity contribution is 6.32. The second kappa shape index (κ2) is 6.55. The molecule has 100 valence electrons. The van der Waals surface area contributed by atoms with E-state index in [1.165, 1.54) is 0 Å². The third-order valence-electron chi connectivity index (χ3n) is 2.73. The smallest absolute Gasteiger partial charge is 0.146 e. The first-order chi connectivity index (χ1) is 9.20. The fraction of sp³-hybridized carbons (Fsp3) is 0.267. The van der Waals surface area contributed by atoms with Crippen LogP contribution in [0.15, 0.2) is 36.7 Å². The summed E-state index contributed by atoms with van der Waals surface area (Å²) in [5, 5.41) is 3.87. The summed E-state index contributed by atoms with van der Waals surface area (Å²) in [6, 6.07) is 7.59. The first-order valence-corrected chi connectivity index (χ1v) is 6.66. The monoisotopic (exact) mass is 276 g/mol. The number of aromatic nitrogens is 1. The van der Waals surface area contributed by atoms with Crippen molar-refractivity contribution >= 4 is 11.6 Å². The van der Waals surface area contributed by atoms with Gasteiger partial charge in [0, 0.05) is 24.5 Å². The number of pyridine rings is 1. The van der Waals surface area contributed by atoms with Crippen LogP contribution in [0.2, 0.25) is 5.02 Å². The van der Waals surface area contributed by atoms with E-state index in [0.717, 1.165) is 30.0 Å². The average molecular weight is 277 g/mol. The molecule has 1 N–H and O–H groups in total. The summed E-state index contributed by atoms with van der Waals surface area (Å²) >= 11 is 6.15. The van der Waals surface area contributed by atoms with Crippen molar-refractivity contribution in [2.45, 2.75) is 20.4 Å². The molecule has 3 nitrogen and oxygen atoms in total. The summed E-state index contributed by atoms with van der Waals surface area (Å²) in [4.78, 5) is 4.13. The van der Waals surface area contributed by atoms with Crippen molar-refractivity contribution in [1.29, 1.82) is 0 Å². The lowest BCUT2D eigenvalue weighted by atomic mass is 10.2. The Kier molecular flexibility index (Phi) is 4.77. The number of nitrogens with one attached hydrogen (secondary N) is 1. The predicted molar refractivity (Wildman–Crippen MR) is 77.9 cm³/mol. The van der Waals surface area contributed by atoms with Gasteiger partial charge in [-0.05, 0) is 37.2 Å². The fourth-order valence-electron chi connectivity index (χ4n) is 1.71. The summed E-state index contributed by atoms with van der Waals surface area (Å²) in [7, 11) is 0. The van der Waals surface area contributed by atoms with Gasteiger partial charge in [-0.3, -0.25) is 4.98 Å². The Hall–Kier alpha value is -1.58. The molecule has 2 aromatic rings. The van der Waals surface area contributed by atoms with Gasteiger partial charge in [0.25, 0.3) is 0 Å². The molecule has 1 aromatic carbocycles. The summed E-state index contributed by atoms with van der Waals surface area (Å²) in [6.07, 6.45) is 3.52. The van der Waals surface area contributed by atoms with E-state index in [9.17, 15) is 0 Å². The van der Waals surface area contributed by atoms with Crippen molar-refractivity contribution in [2.75, 3.05) is 6.54 Å². The van der Waals surface area contributed by atoms with Crippen LogP contribution in [0.1, 0.15) is 18.1 Å². The standard InChI is InChI=1S/C15H17ClN2O/c1-3-17-9-12-10-18-7-6-14(12)19-15-8-11(2)4-5-13(15)16/h4-8,10,17H,3,9H2,1-2H3. The molecular formula is C15H17ClN2O. The highest BCUT2D eigenvalue weighted by Crippen LogP contribution is 2.31. The highest BCUT2D eigenvalue weighted by Gasteiger charge is 2.07. The van der Waals surface area contributed by atoms with Gasteiger partial charge in [-0.1, -0.05) is 24.6 Å². The van der Waals surface area contributed by atoms with E-state index in [1.54, 1.807) is 6.20 Å². The Morgan fingerprint density at radius 1 is 1.26 bits per heavy atom. The van der Waals surface area contributed by atoms with Gasteiger partial charge < -0.3 is 10.1 Å². The number of nitrogens with zero attached hydrogens (tertiary/aromatic N) is 1. The lowest BCUT2D eigenvalue weighted by Gasteiger charge is -2.12. The Balaban J connectivity index is 2.25. The van der Waals surface area contributed by atoms with Crippen molar-refractivity contribution in [3.63, 3.8) is 0 Å². The van der Waals surface area contributed by atoms with E-state index in [-0.39, 0.29) is 0 Å². The number of rotatable bonds is 5. The van der Waals surface area contributed by atoms with Gasteiger partial charge in [-0.25, -0.2) is 0 Å². The van der Waals surface area contributed by atoms with Crippen molar-refractivity contribution in [3.8, 4) is 11.5 Å². The van der Waals surface area contributed by atoms with Crippen molar-refractivity contribution in [2.24, 2.45) is 0 Å².